The number of aromatic nitrogens is 3. The lowest BCUT2D eigenvalue weighted by Crippen LogP contribution is -2.36. The van der Waals surface area contributed by atoms with Crippen LogP contribution in [-0.2, 0) is 11.2 Å². The van der Waals surface area contributed by atoms with Gasteiger partial charge < -0.3 is 24.8 Å². The maximum Gasteiger partial charge on any atom is 0.184 e. The van der Waals surface area contributed by atoms with E-state index in [1.165, 1.54) is 5.56 Å². The van der Waals surface area contributed by atoms with Gasteiger partial charge in [-0.15, -0.1) is 0 Å². The van der Waals surface area contributed by atoms with Crippen LogP contribution in [0.3, 0.4) is 0 Å². The van der Waals surface area contributed by atoms with Crippen molar-refractivity contribution in [3.05, 3.63) is 90.3 Å². The largest absolute Gasteiger partial charge is 0.457 e. The third-order valence-corrected chi connectivity index (χ3v) is 8.14. The normalized spacial score (nSPS) is 18.3. The van der Waals surface area contributed by atoms with E-state index in [4.69, 9.17) is 14.5 Å². The number of morpholine rings is 1. The van der Waals surface area contributed by atoms with E-state index in [1.807, 2.05) is 60.8 Å². The Morgan fingerprint density at radius 2 is 1.82 bits per heavy atom. The predicted molar refractivity (Wildman–Crippen MR) is 159 cm³/mol. The Morgan fingerprint density at radius 3 is 2.67 bits per heavy atom. The first-order chi connectivity index (χ1) is 19.2. The monoisotopic (exact) mass is 553 g/mol. The molecule has 1 aliphatic heterocycles. The fourth-order valence-electron chi connectivity index (χ4n) is 5.20. The van der Waals surface area contributed by atoms with Gasteiger partial charge in [-0.2, -0.15) is 0 Å². The van der Waals surface area contributed by atoms with Crippen LogP contribution in [0.5, 0.6) is 11.5 Å². The van der Waals surface area contributed by atoms with Crippen molar-refractivity contribution in [2.75, 3.05) is 36.5 Å². The Balaban J connectivity index is 0.00000289. The highest BCUT2D eigenvalue weighted by molar-refractivity contribution is 7.22. The molecule has 1 aliphatic carbocycles. The molecule has 2 aromatic carbocycles. The van der Waals surface area contributed by atoms with Crippen molar-refractivity contribution in [3.8, 4) is 22.8 Å². The molecule has 0 spiro atoms. The lowest BCUT2D eigenvalue weighted by atomic mass is 10.1. The van der Waals surface area contributed by atoms with Crippen molar-refractivity contribution in [1.82, 2.24) is 15.0 Å². The molecule has 2 atom stereocenters. The molecule has 204 valence electrons. The SMILES string of the molecule is C.O[C@H]1Cc2ccccc2[C@H]1Nc1nc2ccc(Oc3ccnc(-c4ccc(N5CCOCC5)nc4)c3)cc2s1. The number of hydrogen-bond acceptors (Lipinski definition) is 9. The Bertz CT molecular complexity index is 1620. The maximum absolute atomic E-state index is 10.6. The Hall–Kier alpha value is -4.05. The van der Waals surface area contributed by atoms with Crippen LogP contribution in [0.2, 0.25) is 0 Å². The Kier molecular flexibility index (Phi) is 7.34. The molecule has 0 bridgehead atoms. The first-order valence-corrected chi connectivity index (χ1v) is 13.9. The summed E-state index contributed by atoms with van der Waals surface area (Å²) in [5.74, 6) is 2.37. The Morgan fingerprint density at radius 1 is 0.975 bits per heavy atom. The lowest BCUT2D eigenvalue weighted by molar-refractivity contribution is 0.122. The summed E-state index contributed by atoms with van der Waals surface area (Å²) in [4.78, 5) is 16.1. The van der Waals surface area contributed by atoms with Gasteiger partial charge in [-0.25, -0.2) is 9.97 Å². The minimum Gasteiger partial charge on any atom is -0.457 e. The summed E-state index contributed by atoms with van der Waals surface area (Å²) in [5.41, 5.74) is 4.93. The van der Waals surface area contributed by atoms with Gasteiger partial charge in [0.05, 0.1) is 41.3 Å². The van der Waals surface area contributed by atoms with Gasteiger partial charge in [0.15, 0.2) is 5.13 Å². The van der Waals surface area contributed by atoms with Crippen LogP contribution < -0.4 is 15.0 Å². The van der Waals surface area contributed by atoms with Crippen molar-refractivity contribution in [2.45, 2.75) is 26.0 Å². The number of thiazole rings is 1. The zero-order chi connectivity index (χ0) is 26.2. The Labute approximate surface area is 237 Å². The van der Waals surface area contributed by atoms with Crippen LogP contribution >= 0.6 is 11.3 Å². The van der Waals surface area contributed by atoms with E-state index < -0.39 is 6.10 Å². The summed E-state index contributed by atoms with van der Waals surface area (Å²) >= 11 is 1.55. The van der Waals surface area contributed by atoms with Crippen molar-refractivity contribution in [1.29, 1.82) is 0 Å². The fourth-order valence-corrected chi connectivity index (χ4v) is 6.13. The zero-order valence-electron chi connectivity index (χ0n) is 21.2. The molecule has 7 rings (SSSR count). The van der Waals surface area contributed by atoms with Crippen molar-refractivity contribution in [3.63, 3.8) is 0 Å². The van der Waals surface area contributed by atoms with Crippen molar-refractivity contribution in [2.24, 2.45) is 0 Å². The van der Waals surface area contributed by atoms with Crippen LogP contribution in [0.1, 0.15) is 24.6 Å². The number of ether oxygens (including phenoxy) is 2. The molecular formula is C31H31N5O3S. The average molecular weight is 554 g/mol. The number of fused-ring (bicyclic) bond motifs is 2. The van der Waals surface area contributed by atoms with E-state index >= 15 is 0 Å². The molecule has 3 aromatic heterocycles. The number of nitrogens with zero attached hydrogens (tertiary/aromatic N) is 4. The van der Waals surface area contributed by atoms with E-state index in [1.54, 1.807) is 17.5 Å². The molecule has 0 amide bonds. The highest BCUT2D eigenvalue weighted by Crippen LogP contribution is 2.37. The van der Waals surface area contributed by atoms with Crippen molar-refractivity contribution >= 4 is 32.5 Å². The number of aliphatic hydroxyl groups excluding tert-OH is 1. The molecule has 9 heteroatoms. The molecular weight excluding hydrogens is 522 g/mol. The van der Waals surface area contributed by atoms with Gasteiger partial charge in [0.2, 0.25) is 0 Å². The number of nitrogens with one attached hydrogen (secondary N) is 1. The molecule has 0 radical (unpaired) electrons. The van der Waals surface area contributed by atoms with E-state index in [9.17, 15) is 5.11 Å². The standard InChI is InChI=1S/C30H27N5O3S.CH4/c36-26-15-19-3-1-2-4-23(19)29(26)34-30-33-24-7-6-21(17-27(24)39-30)38-22-9-10-31-25(16-22)20-5-8-28(32-18-20)35-11-13-37-14-12-35;/h1-10,16-18,26,29,36H,11-15H2,(H,33,34);1H4/t26-,29+;/m0./s1. The van der Waals surface area contributed by atoms with Crippen molar-refractivity contribution < 1.29 is 14.6 Å². The van der Waals surface area contributed by atoms with E-state index in [0.29, 0.717) is 12.2 Å². The number of benzene rings is 2. The topological polar surface area (TPSA) is 92.6 Å². The summed E-state index contributed by atoms with van der Waals surface area (Å²) in [5, 5.41) is 14.8. The lowest BCUT2D eigenvalue weighted by Gasteiger charge is -2.27. The van der Waals surface area contributed by atoms with Gasteiger partial charge in [-0.3, -0.25) is 4.98 Å². The average Bonchev–Trinajstić information content (AvgIpc) is 3.53. The van der Waals surface area contributed by atoms with Crippen LogP contribution in [0.15, 0.2) is 79.1 Å². The molecule has 4 heterocycles. The van der Waals surface area contributed by atoms with Crippen LogP contribution in [0.4, 0.5) is 10.9 Å². The van der Waals surface area contributed by atoms with Crippen LogP contribution in [0.25, 0.3) is 21.5 Å². The number of rotatable bonds is 6. The zero-order valence-corrected chi connectivity index (χ0v) is 22.0. The van der Waals surface area contributed by atoms with Gasteiger partial charge in [0.25, 0.3) is 0 Å². The van der Waals surface area contributed by atoms with Gasteiger partial charge >= 0.3 is 0 Å². The fraction of sp³-hybridized carbons (Fsp3) is 0.258. The second kappa shape index (κ2) is 11.2. The summed E-state index contributed by atoms with van der Waals surface area (Å²) in [6, 6.07) is 21.7. The summed E-state index contributed by atoms with van der Waals surface area (Å²) in [6.07, 6.45) is 3.78. The summed E-state index contributed by atoms with van der Waals surface area (Å²) in [7, 11) is 0. The summed E-state index contributed by atoms with van der Waals surface area (Å²) < 4.78 is 12.7. The predicted octanol–water partition coefficient (Wildman–Crippen LogP) is 6.09. The first-order valence-electron chi connectivity index (χ1n) is 13.1. The minimum absolute atomic E-state index is 0. The third-order valence-electron chi connectivity index (χ3n) is 7.19. The third kappa shape index (κ3) is 5.23. The smallest absolute Gasteiger partial charge is 0.184 e. The number of pyridine rings is 2. The highest BCUT2D eigenvalue weighted by Gasteiger charge is 2.31. The van der Waals surface area contributed by atoms with Gasteiger partial charge in [-0.1, -0.05) is 43.0 Å². The molecule has 40 heavy (non-hydrogen) atoms. The molecule has 8 nitrogen and oxygen atoms in total. The van der Waals surface area contributed by atoms with E-state index in [-0.39, 0.29) is 13.5 Å². The molecule has 1 saturated heterocycles. The second-order valence-electron chi connectivity index (χ2n) is 9.72. The molecule has 2 aliphatic rings. The highest BCUT2D eigenvalue weighted by atomic mass is 32.1. The second-order valence-corrected chi connectivity index (χ2v) is 10.8. The van der Waals surface area contributed by atoms with Gasteiger partial charge in [0.1, 0.15) is 17.3 Å². The number of aliphatic hydroxyl groups is 1. The van der Waals surface area contributed by atoms with Crippen LogP contribution in [0, 0.1) is 0 Å². The molecule has 2 N–H and O–H groups in total. The summed E-state index contributed by atoms with van der Waals surface area (Å²) in [6.45, 7) is 3.17. The number of anilines is 2. The first kappa shape index (κ1) is 26.2. The maximum atomic E-state index is 10.6. The molecule has 0 saturated carbocycles. The van der Waals surface area contributed by atoms with E-state index in [2.05, 4.69) is 32.3 Å². The minimum atomic E-state index is -0.472. The molecule has 0 unspecified atom stereocenters. The molecule has 1 fully saturated rings. The quantitative estimate of drug-likeness (QED) is 0.261. The van der Waals surface area contributed by atoms with Crippen LogP contribution in [-0.4, -0.2) is 52.5 Å². The van der Waals surface area contributed by atoms with Gasteiger partial charge in [0, 0.05) is 49.6 Å². The number of hydrogen-bond donors (Lipinski definition) is 2. The molecule has 5 aromatic rings. The van der Waals surface area contributed by atoms with Gasteiger partial charge in [-0.05, 0) is 41.5 Å². The van der Waals surface area contributed by atoms with E-state index in [0.717, 1.165) is 70.0 Å².